The largest absolute Gasteiger partial charge is 0.416 e. The van der Waals surface area contributed by atoms with Gasteiger partial charge in [0.1, 0.15) is 5.69 Å². The molecule has 0 spiro atoms. The van der Waals surface area contributed by atoms with Gasteiger partial charge in [-0.1, -0.05) is 24.3 Å². The maximum Gasteiger partial charge on any atom is 0.416 e. The molecule has 1 aromatic heterocycles. The number of carbonyl (C=O) groups excluding carboxylic acids is 3. The molecule has 0 aliphatic carbocycles. The number of anilines is 1. The van der Waals surface area contributed by atoms with E-state index >= 15 is 0 Å². The van der Waals surface area contributed by atoms with Crippen LogP contribution in [0.15, 0.2) is 54.6 Å². The molecule has 156 valence electrons. The van der Waals surface area contributed by atoms with Crippen LogP contribution in [0.1, 0.15) is 16.1 Å². The first kappa shape index (κ1) is 20.9. The van der Waals surface area contributed by atoms with Crippen molar-refractivity contribution in [2.75, 3.05) is 18.4 Å². The highest BCUT2D eigenvalue weighted by molar-refractivity contribution is 6.39. The van der Waals surface area contributed by atoms with Gasteiger partial charge in [-0.25, -0.2) is 0 Å². The average Bonchev–Trinajstić information content (AvgIpc) is 3.15. The van der Waals surface area contributed by atoms with Crippen molar-refractivity contribution in [1.82, 2.24) is 15.6 Å². The van der Waals surface area contributed by atoms with E-state index in [2.05, 4.69) is 20.9 Å². The third-order valence-electron chi connectivity index (χ3n) is 4.12. The van der Waals surface area contributed by atoms with E-state index in [1.165, 1.54) is 6.07 Å². The molecule has 0 radical (unpaired) electrons. The molecule has 3 amide bonds. The second-order valence-corrected chi connectivity index (χ2v) is 6.31. The Kier molecular flexibility index (Phi) is 6.05. The average molecular weight is 418 g/mol. The second-order valence-electron chi connectivity index (χ2n) is 6.31. The highest BCUT2D eigenvalue weighted by Crippen LogP contribution is 2.30. The molecule has 0 aliphatic heterocycles. The van der Waals surface area contributed by atoms with E-state index in [9.17, 15) is 27.6 Å². The molecule has 0 unspecified atom stereocenters. The summed E-state index contributed by atoms with van der Waals surface area (Å²) in [7, 11) is 0. The number of fused-ring (bicyclic) bond motifs is 1. The van der Waals surface area contributed by atoms with Crippen LogP contribution in [0.5, 0.6) is 0 Å². The zero-order valence-corrected chi connectivity index (χ0v) is 15.5. The summed E-state index contributed by atoms with van der Waals surface area (Å²) in [6.45, 7) is 0.0115. The fraction of sp³-hybridized carbons (Fsp3) is 0.150. The van der Waals surface area contributed by atoms with Gasteiger partial charge < -0.3 is 20.9 Å². The number of nitrogens with one attached hydrogen (secondary N) is 4. The normalized spacial score (nSPS) is 11.2. The van der Waals surface area contributed by atoms with Crippen LogP contribution in [-0.4, -0.2) is 35.8 Å². The lowest BCUT2D eigenvalue weighted by molar-refractivity contribution is -0.137. The van der Waals surface area contributed by atoms with Crippen LogP contribution in [-0.2, 0) is 15.8 Å². The van der Waals surface area contributed by atoms with Crippen molar-refractivity contribution in [1.29, 1.82) is 0 Å². The van der Waals surface area contributed by atoms with Crippen LogP contribution < -0.4 is 16.0 Å². The molecular weight excluding hydrogens is 401 g/mol. The highest BCUT2D eigenvalue weighted by atomic mass is 19.4. The highest BCUT2D eigenvalue weighted by Gasteiger charge is 2.30. The van der Waals surface area contributed by atoms with Crippen molar-refractivity contribution in [3.05, 3.63) is 65.9 Å². The molecule has 0 bridgehead atoms. The number of hydrogen-bond donors (Lipinski definition) is 4. The summed E-state index contributed by atoms with van der Waals surface area (Å²) >= 11 is 0. The summed E-state index contributed by atoms with van der Waals surface area (Å²) in [6.07, 6.45) is -4.56. The summed E-state index contributed by atoms with van der Waals surface area (Å²) < 4.78 is 38.1. The molecule has 3 rings (SSSR count). The predicted octanol–water partition coefficient (Wildman–Crippen LogP) is 2.67. The Morgan fingerprint density at radius 2 is 1.60 bits per heavy atom. The summed E-state index contributed by atoms with van der Waals surface area (Å²) in [5.74, 6) is -2.53. The van der Waals surface area contributed by atoms with Gasteiger partial charge in [-0.2, -0.15) is 13.2 Å². The maximum absolute atomic E-state index is 12.7. The van der Waals surface area contributed by atoms with Crippen molar-refractivity contribution in [2.45, 2.75) is 6.18 Å². The number of amides is 3. The summed E-state index contributed by atoms with van der Waals surface area (Å²) in [4.78, 5) is 38.7. The predicted molar refractivity (Wildman–Crippen MR) is 104 cm³/mol. The van der Waals surface area contributed by atoms with E-state index in [4.69, 9.17) is 0 Å². The third-order valence-corrected chi connectivity index (χ3v) is 4.12. The number of hydrogen-bond acceptors (Lipinski definition) is 3. The summed E-state index contributed by atoms with van der Waals surface area (Å²) in [5.41, 5.74) is 0.0597. The maximum atomic E-state index is 12.7. The monoisotopic (exact) mass is 418 g/mol. The van der Waals surface area contributed by atoms with Crippen molar-refractivity contribution >= 4 is 34.3 Å². The topological polar surface area (TPSA) is 103 Å². The van der Waals surface area contributed by atoms with Gasteiger partial charge >= 0.3 is 18.0 Å². The minimum absolute atomic E-state index is 0.0409. The van der Waals surface area contributed by atoms with Gasteiger partial charge in [-0.15, -0.1) is 0 Å². The number of rotatable bonds is 5. The van der Waals surface area contributed by atoms with E-state index in [0.29, 0.717) is 5.69 Å². The Morgan fingerprint density at radius 1 is 0.867 bits per heavy atom. The number of halogens is 3. The molecule has 0 saturated heterocycles. The van der Waals surface area contributed by atoms with Crippen molar-refractivity contribution in [3.63, 3.8) is 0 Å². The van der Waals surface area contributed by atoms with Gasteiger partial charge in [0.25, 0.3) is 5.91 Å². The zero-order valence-electron chi connectivity index (χ0n) is 15.5. The number of benzene rings is 2. The molecule has 7 nitrogen and oxygen atoms in total. The van der Waals surface area contributed by atoms with Crippen molar-refractivity contribution < 1.29 is 27.6 Å². The molecule has 0 saturated carbocycles. The minimum atomic E-state index is -4.56. The Morgan fingerprint density at radius 3 is 2.33 bits per heavy atom. The number of H-pyrrole nitrogens is 1. The van der Waals surface area contributed by atoms with Gasteiger partial charge in [-0.3, -0.25) is 14.4 Å². The van der Waals surface area contributed by atoms with Crippen LogP contribution in [0, 0.1) is 0 Å². The van der Waals surface area contributed by atoms with Gasteiger partial charge in [0, 0.05) is 29.7 Å². The van der Waals surface area contributed by atoms with Gasteiger partial charge in [0.05, 0.1) is 5.56 Å². The Balaban J connectivity index is 1.45. The molecule has 30 heavy (non-hydrogen) atoms. The number of alkyl halides is 3. The van der Waals surface area contributed by atoms with E-state index in [-0.39, 0.29) is 24.7 Å². The Labute approximate surface area is 168 Å². The SMILES string of the molecule is O=C(NCCNC(=O)c1cc2ccccc2[nH]1)C(=O)Nc1cccc(C(F)(F)F)c1. The lowest BCUT2D eigenvalue weighted by Crippen LogP contribution is -2.40. The van der Waals surface area contributed by atoms with Crippen LogP contribution in [0.4, 0.5) is 18.9 Å². The lowest BCUT2D eigenvalue weighted by atomic mass is 10.2. The number of carbonyl (C=O) groups is 3. The van der Waals surface area contributed by atoms with Gasteiger partial charge in [0.15, 0.2) is 0 Å². The summed E-state index contributed by atoms with van der Waals surface area (Å²) in [6, 6.07) is 13.0. The standard InChI is InChI=1S/C20H17F3N4O3/c21-20(22,23)13-5-3-6-14(11-13)26-19(30)18(29)25-9-8-24-17(28)16-10-12-4-1-2-7-15(12)27-16/h1-7,10-11,27H,8-9H2,(H,24,28)(H,25,29)(H,26,30). The van der Waals surface area contributed by atoms with E-state index in [1.54, 1.807) is 6.07 Å². The first-order chi connectivity index (χ1) is 14.2. The lowest BCUT2D eigenvalue weighted by Gasteiger charge is -2.10. The molecule has 0 atom stereocenters. The molecular formula is C20H17F3N4O3. The van der Waals surface area contributed by atoms with Crippen LogP contribution in [0.3, 0.4) is 0 Å². The fourth-order valence-corrected chi connectivity index (χ4v) is 2.68. The second kappa shape index (κ2) is 8.68. The fourth-order valence-electron chi connectivity index (χ4n) is 2.68. The molecule has 1 heterocycles. The third kappa shape index (κ3) is 5.16. The van der Waals surface area contributed by atoms with Crippen LogP contribution >= 0.6 is 0 Å². The zero-order chi connectivity index (χ0) is 21.7. The molecule has 3 aromatic rings. The quantitative estimate of drug-likeness (QED) is 0.378. The summed E-state index contributed by atoms with van der Waals surface area (Å²) in [5, 5.41) is 7.85. The van der Waals surface area contributed by atoms with Gasteiger partial charge in [0.2, 0.25) is 0 Å². The van der Waals surface area contributed by atoms with E-state index in [0.717, 1.165) is 29.1 Å². The van der Waals surface area contributed by atoms with E-state index in [1.807, 2.05) is 24.3 Å². The molecule has 0 fully saturated rings. The molecule has 10 heteroatoms. The minimum Gasteiger partial charge on any atom is -0.351 e. The van der Waals surface area contributed by atoms with E-state index < -0.39 is 23.6 Å². The van der Waals surface area contributed by atoms with Crippen molar-refractivity contribution in [2.24, 2.45) is 0 Å². The number of aromatic amines is 1. The van der Waals surface area contributed by atoms with Crippen LogP contribution in [0.2, 0.25) is 0 Å². The van der Waals surface area contributed by atoms with Gasteiger partial charge in [-0.05, 0) is 30.3 Å². The van der Waals surface area contributed by atoms with Crippen molar-refractivity contribution in [3.8, 4) is 0 Å². The molecule has 4 N–H and O–H groups in total. The first-order valence-electron chi connectivity index (χ1n) is 8.86. The Bertz CT molecular complexity index is 1060. The van der Waals surface area contributed by atoms with Crippen LogP contribution in [0.25, 0.3) is 10.9 Å². The molecule has 0 aliphatic rings. The smallest absolute Gasteiger partial charge is 0.351 e. The number of aromatic nitrogens is 1. The Hall–Kier alpha value is -3.82. The first-order valence-corrected chi connectivity index (χ1v) is 8.86. The number of para-hydroxylation sites is 1. The molecule has 2 aromatic carbocycles.